The van der Waals surface area contributed by atoms with Crippen molar-refractivity contribution in [2.45, 2.75) is 84.0 Å². The molecule has 0 aliphatic carbocycles. The van der Waals surface area contributed by atoms with Gasteiger partial charge >= 0.3 is 12.1 Å². The van der Waals surface area contributed by atoms with Gasteiger partial charge in [0, 0.05) is 31.2 Å². The molecule has 2 aliphatic heterocycles. The molecule has 24 heavy (non-hydrogen) atoms. The second-order valence-corrected chi connectivity index (χ2v) is 8.39. The van der Waals surface area contributed by atoms with Crippen molar-refractivity contribution in [2.75, 3.05) is 13.1 Å². The van der Waals surface area contributed by atoms with Gasteiger partial charge in [-0.15, -0.1) is 0 Å². The topological polar surface area (TPSA) is 70.1 Å². The lowest BCUT2D eigenvalue weighted by molar-refractivity contribution is -0.145. The van der Waals surface area contributed by atoms with Crippen LogP contribution in [0.3, 0.4) is 0 Å². The van der Waals surface area contributed by atoms with E-state index in [0.717, 1.165) is 12.8 Å². The number of carboxylic acids is 1. The molecule has 1 amide bonds. The Bertz CT molecular complexity index is 464. The Morgan fingerprint density at radius 3 is 2.17 bits per heavy atom. The number of likely N-dealkylation sites (tertiary alicyclic amines) is 2. The van der Waals surface area contributed by atoms with E-state index in [0.29, 0.717) is 25.0 Å². The van der Waals surface area contributed by atoms with E-state index in [2.05, 4.69) is 18.7 Å². The Labute approximate surface area is 145 Å². The number of nitrogens with zero attached hydrogens (tertiary/aromatic N) is 2. The second-order valence-electron chi connectivity index (χ2n) is 8.39. The predicted molar refractivity (Wildman–Crippen MR) is 92.0 cm³/mol. The molecule has 6 heteroatoms. The summed E-state index contributed by atoms with van der Waals surface area (Å²) < 4.78 is 5.47. The van der Waals surface area contributed by atoms with E-state index < -0.39 is 23.6 Å². The van der Waals surface area contributed by atoms with E-state index in [1.165, 1.54) is 6.42 Å². The van der Waals surface area contributed by atoms with E-state index in [1.54, 1.807) is 4.90 Å². The molecule has 2 aliphatic rings. The van der Waals surface area contributed by atoms with E-state index in [4.69, 9.17) is 4.74 Å². The van der Waals surface area contributed by atoms with Crippen molar-refractivity contribution in [1.82, 2.24) is 9.80 Å². The van der Waals surface area contributed by atoms with Crippen molar-refractivity contribution in [2.24, 2.45) is 5.92 Å². The first-order valence-electron chi connectivity index (χ1n) is 9.06. The zero-order valence-electron chi connectivity index (χ0n) is 15.6. The van der Waals surface area contributed by atoms with Gasteiger partial charge in [-0.2, -0.15) is 0 Å². The third kappa shape index (κ3) is 4.62. The highest BCUT2D eigenvalue weighted by atomic mass is 16.6. The molecule has 0 aromatic heterocycles. The summed E-state index contributed by atoms with van der Waals surface area (Å²) in [4.78, 5) is 28.1. The standard InChI is InChI=1S/C18H32N2O4/c1-12-7-6-8-13(2)20(12)15-9-14(16(21)22)10-19(11-15)17(23)24-18(3,4)5/h12-15H,6-11H2,1-5H3,(H,21,22)/t12-,13+,14?,15?. The minimum Gasteiger partial charge on any atom is -0.481 e. The smallest absolute Gasteiger partial charge is 0.410 e. The van der Waals surface area contributed by atoms with Crippen LogP contribution >= 0.6 is 0 Å². The van der Waals surface area contributed by atoms with Crippen LogP contribution in [0.1, 0.15) is 60.3 Å². The summed E-state index contributed by atoms with van der Waals surface area (Å²) in [7, 11) is 0. The number of carbonyl (C=O) groups excluding carboxylic acids is 1. The molecular formula is C18H32N2O4. The van der Waals surface area contributed by atoms with Gasteiger partial charge in [-0.25, -0.2) is 4.79 Å². The van der Waals surface area contributed by atoms with Crippen LogP contribution < -0.4 is 0 Å². The van der Waals surface area contributed by atoms with Gasteiger partial charge in [-0.1, -0.05) is 6.42 Å². The lowest BCUT2D eigenvalue weighted by atomic mass is 9.88. The Balaban J connectivity index is 2.16. The van der Waals surface area contributed by atoms with Crippen molar-refractivity contribution < 1.29 is 19.4 Å². The zero-order chi connectivity index (χ0) is 18.1. The van der Waals surface area contributed by atoms with Gasteiger partial charge in [0.1, 0.15) is 5.60 Å². The molecule has 4 atom stereocenters. The van der Waals surface area contributed by atoms with Crippen LogP contribution in [0.2, 0.25) is 0 Å². The Morgan fingerprint density at radius 1 is 1.08 bits per heavy atom. The number of aliphatic carboxylic acids is 1. The van der Waals surface area contributed by atoms with Gasteiger partial charge in [-0.3, -0.25) is 9.69 Å². The number of ether oxygens (including phenoxy) is 1. The summed E-state index contributed by atoms with van der Waals surface area (Å²) in [6, 6.07) is 0.927. The number of hydrogen-bond donors (Lipinski definition) is 1. The first-order chi connectivity index (χ1) is 11.1. The van der Waals surface area contributed by atoms with Gasteiger partial charge in [0.15, 0.2) is 0 Å². The molecule has 0 bridgehead atoms. The van der Waals surface area contributed by atoms with E-state index in [-0.39, 0.29) is 12.6 Å². The molecule has 2 fully saturated rings. The molecule has 0 aromatic rings. The number of carboxylic acid groups (broad SMARTS) is 1. The first kappa shape index (κ1) is 19.0. The fourth-order valence-corrected chi connectivity index (χ4v) is 4.10. The van der Waals surface area contributed by atoms with E-state index in [9.17, 15) is 14.7 Å². The van der Waals surface area contributed by atoms with Crippen LogP contribution in [0, 0.1) is 5.92 Å². The second kappa shape index (κ2) is 7.30. The van der Waals surface area contributed by atoms with Gasteiger partial charge < -0.3 is 14.7 Å². The lowest BCUT2D eigenvalue weighted by Gasteiger charge is -2.48. The van der Waals surface area contributed by atoms with Crippen LogP contribution in [0.25, 0.3) is 0 Å². The lowest BCUT2D eigenvalue weighted by Crippen LogP contribution is -2.59. The summed E-state index contributed by atoms with van der Waals surface area (Å²) in [6.45, 7) is 10.7. The van der Waals surface area contributed by atoms with Crippen LogP contribution in [-0.2, 0) is 9.53 Å². The van der Waals surface area contributed by atoms with Crippen LogP contribution in [0.4, 0.5) is 4.79 Å². The molecular weight excluding hydrogens is 308 g/mol. The average Bonchev–Trinajstić information content (AvgIpc) is 2.45. The van der Waals surface area contributed by atoms with Crippen molar-refractivity contribution in [1.29, 1.82) is 0 Å². The average molecular weight is 340 g/mol. The maximum absolute atomic E-state index is 12.5. The van der Waals surface area contributed by atoms with Gasteiger partial charge in [0.25, 0.3) is 0 Å². The van der Waals surface area contributed by atoms with E-state index >= 15 is 0 Å². The fourth-order valence-electron chi connectivity index (χ4n) is 4.10. The molecule has 2 rings (SSSR count). The van der Waals surface area contributed by atoms with Crippen molar-refractivity contribution >= 4 is 12.1 Å². The molecule has 0 radical (unpaired) electrons. The van der Waals surface area contributed by atoms with Gasteiger partial charge in [-0.05, 0) is 53.9 Å². The predicted octanol–water partition coefficient (Wildman–Crippen LogP) is 2.96. The van der Waals surface area contributed by atoms with Gasteiger partial charge in [0.2, 0.25) is 0 Å². The number of hydrogen-bond acceptors (Lipinski definition) is 4. The molecule has 2 unspecified atom stereocenters. The number of carbonyl (C=O) groups is 2. The summed E-state index contributed by atoms with van der Waals surface area (Å²) in [5, 5.41) is 9.52. The minimum absolute atomic E-state index is 0.0812. The molecule has 1 N–H and O–H groups in total. The zero-order valence-corrected chi connectivity index (χ0v) is 15.6. The van der Waals surface area contributed by atoms with Crippen LogP contribution in [-0.4, -0.2) is 63.8 Å². The molecule has 0 saturated carbocycles. The number of amides is 1. The highest BCUT2D eigenvalue weighted by Crippen LogP contribution is 2.31. The third-order valence-corrected chi connectivity index (χ3v) is 5.11. The Hall–Kier alpha value is -1.30. The fraction of sp³-hybridized carbons (Fsp3) is 0.889. The highest BCUT2D eigenvalue weighted by Gasteiger charge is 2.41. The molecule has 2 saturated heterocycles. The maximum atomic E-state index is 12.5. The van der Waals surface area contributed by atoms with Crippen LogP contribution in [0.15, 0.2) is 0 Å². The number of rotatable bonds is 2. The van der Waals surface area contributed by atoms with Crippen molar-refractivity contribution in [3.05, 3.63) is 0 Å². The largest absolute Gasteiger partial charge is 0.481 e. The van der Waals surface area contributed by atoms with Crippen molar-refractivity contribution in [3.8, 4) is 0 Å². The molecule has 138 valence electrons. The molecule has 6 nitrogen and oxygen atoms in total. The normalized spacial score (nSPS) is 32.5. The Kier molecular flexibility index (Phi) is 5.78. The first-order valence-corrected chi connectivity index (χ1v) is 9.06. The maximum Gasteiger partial charge on any atom is 0.410 e. The summed E-state index contributed by atoms with van der Waals surface area (Å²) in [5.74, 6) is -1.36. The van der Waals surface area contributed by atoms with E-state index in [1.807, 2.05) is 20.8 Å². The molecule has 2 heterocycles. The quantitative estimate of drug-likeness (QED) is 0.837. The summed E-state index contributed by atoms with van der Waals surface area (Å²) in [6.07, 6.45) is 3.67. The molecule has 0 spiro atoms. The Morgan fingerprint density at radius 2 is 1.67 bits per heavy atom. The van der Waals surface area contributed by atoms with Crippen LogP contribution in [0.5, 0.6) is 0 Å². The van der Waals surface area contributed by atoms with Gasteiger partial charge in [0.05, 0.1) is 5.92 Å². The van der Waals surface area contributed by atoms with Crippen molar-refractivity contribution in [3.63, 3.8) is 0 Å². The molecule has 0 aromatic carbocycles. The monoisotopic (exact) mass is 340 g/mol. The summed E-state index contributed by atoms with van der Waals surface area (Å²) in [5.41, 5.74) is -0.575. The highest BCUT2D eigenvalue weighted by molar-refractivity contribution is 5.73. The SMILES string of the molecule is C[C@@H]1CCC[C@H](C)N1C1CC(C(=O)O)CN(C(=O)OC(C)(C)C)C1. The number of piperidine rings is 2. The minimum atomic E-state index is -0.828. The third-order valence-electron chi connectivity index (χ3n) is 5.11. The summed E-state index contributed by atoms with van der Waals surface area (Å²) >= 11 is 0.